The van der Waals surface area contributed by atoms with E-state index in [2.05, 4.69) is 36.5 Å². The van der Waals surface area contributed by atoms with E-state index in [1.54, 1.807) is 29.2 Å². The minimum absolute atomic E-state index is 0.0305. The van der Waals surface area contributed by atoms with Crippen molar-refractivity contribution in [2.45, 2.75) is 20.4 Å². The molecule has 0 atom stereocenters. The molecule has 1 heterocycles. The van der Waals surface area contributed by atoms with E-state index < -0.39 is 0 Å². The topological polar surface area (TPSA) is 55.0 Å². The zero-order chi connectivity index (χ0) is 19.2. The number of aryl methyl sites for hydroxylation is 1. The van der Waals surface area contributed by atoms with E-state index in [9.17, 15) is 9.59 Å². The summed E-state index contributed by atoms with van der Waals surface area (Å²) in [6.07, 6.45) is 0. The minimum atomic E-state index is 0.0305. The lowest BCUT2D eigenvalue weighted by molar-refractivity contribution is -1.02. The van der Waals surface area contributed by atoms with Crippen molar-refractivity contribution in [1.82, 2.24) is 0 Å². The SMILES string of the molecule is CC(=O)c1ccc(NC(=O)C[NH+]2CC[NH+](Cc3ccccc3C)CC2)cc1. The number of benzene rings is 2. The van der Waals surface area contributed by atoms with Crippen molar-refractivity contribution in [2.24, 2.45) is 0 Å². The maximum atomic E-state index is 12.3. The highest BCUT2D eigenvalue weighted by Crippen LogP contribution is 2.09. The average Bonchev–Trinajstić information content (AvgIpc) is 2.65. The highest BCUT2D eigenvalue weighted by molar-refractivity contribution is 5.95. The van der Waals surface area contributed by atoms with Crippen LogP contribution in [0.2, 0.25) is 0 Å². The normalized spacial score (nSPS) is 19.5. The molecule has 2 aromatic carbocycles. The van der Waals surface area contributed by atoms with Crippen LogP contribution in [0.25, 0.3) is 0 Å². The van der Waals surface area contributed by atoms with E-state index in [4.69, 9.17) is 0 Å². The van der Waals surface area contributed by atoms with Gasteiger partial charge in [-0.1, -0.05) is 24.3 Å². The van der Waals surface area contributed by atoms with Crippen LogP contribution in [0.4, 0.5) is 5.69 Å². The second-order valence-corrected chi connectivity index (χ2v) is 7.46. The number of ketones is 1. The van der Waals surface area contributed by atoms with Gasteiger partial charge in [0, 0.05) is 16.8 Å². The zero-order valence-corrected chi connectivity index (χ0v) is 16.2. The molecular formula is C22H29N3O2+2. The highest BCUT2D eigenvalue weighted by atomic mass is 16.2. The lowest BCUT2D eigenvalue weighted by Crippen LogP contribution is -3.28. The molecule has 1 aliphatic heterocycles. The van der Waals surface area contributed by atoms with E-state index >= 15 is 0 Å². The molecule has 0 radical (unpaired) electrons. The van der Waals surface area contributed by atoms with Crippen LogP contribution in [0.1, 0.15) is 28.4 Å². The van der Waals surface area contributed by atoms with Gasteiger partial charge in [0.2, 0.25) is 0 Å². The first-order valence-electron chi connectivity index (χ1n) is 9.64. The summed E-state index contributed by atoms with van der Waals surface area (Å²) in [6, 6.07) is 15.6. The zero-order valence-electron chi connectivity index (χ0n) is 16.2. The Labute approximate surface area is 161 Å². The number of hydrogen-bond acceptors (Lipinski definition) is 2. The molecule has 0 spiro atoms. The predicted octanol–water partition coefficient (Wildman–Crippen LogP) is 0.120. The molecule has 1 amide bonds. The van der Waals surface area contributed by atoms with E-state index in [0.29, 0.717) is 12.1 Å². The van der Waals surface area contributed by atoms with Crippen LogP contribution in [-0.2, 0) is 11.3 Å². The molecule has 0 bridgehead atoms. The van der Waals surface area contributed by atoms with E-state index in [-0.39, 0.29) is 11.7 Å². The molecule has 27 heavy (non-hydrogen) atoms. The van der Waals surface area contributed by atoms with Crippen molar-refractivity contribution < 1.29 is 19.4 Å². The van der Waals surface area contributed by atoms with Gasteiger partial charge in [-0.15, -0.1) is 0 Å². The van der Waals surface area contributed by atoms with E-state index in [1.807, 2.05) is 0 Å². The van der Waals surface area contributed by atoms with Crippen molar-refractivity contribution in [3.05, 3.63) is 65.2 Å². The lowest BCUT2D eigenvalue weighted by atomic mass is 10.1. The Morgan fingerprint density at radius 1 is 0.926 bits per heavy atom. The summed E-state index contributed by atoms with van der Waals surface area (Å²) in [5.74, 6) is 0.0614. The molecule has 1 fully saturated rings. The van der Waals surface area contributed by atoms with Crippen molar-refractivity contribution in [1.29, 1.82) is 0 Å². The molecule has 0 aliphatic carbocycles. The first-order valence-corrected chi connectivity index (χ1v) is 9.64. The van der Waals surface area contributed by atoms with Gasteiger partial charge in [0.25, 0.3) is 5.91 Å². The average molecular weight is 367 g/mol. The van der Waals surface area contributed by atoms with Gasteiger partial charge >= 0.3 is 0 Å². The molecule has 1 saturated heterocycles. The van der Waals surface area contributed by atoms with Crippen molar-refractivity contribution in [3.63, 3.8) is 0 Å². The molecule has 5 nitrogen and oxygen atoms in total. The van der Waals surface area contributed by atoms with Crippen LogP contribution in [0.5, 0.6) is 0 Å². The quantitative estimate of drug-likeness (QED) is 0.636. The Balaban J connectivity index is 1.44. The van der Waals surface area contributed by atoms with Gasteiger partial charge in [-0.2, -0.15) is 0 Å². The van der Waals surface area contributed by atoms with Gasteiger partial charge in [-0.05, 0) is 43.7 Å². The Kier molecular flexibility index (Phi) is 6.37. The number of quaternary nitrogens is 2. The fraction of sp³-hybridized carbons (Fsp3) is 0.364. The van der Waals surface area contributed by atoms with Gasteiger partial charge in [-0.3, -0.25) is 9.59 Å². The number of anilines is 1. The van der Waals surface area contributed by atoms with Crippen LogP contribution in [0.3, 0.4) is 0 Å². The summed E-state index contributed by atoms with van der Waals surface area (Å²) < 4.78 is 0. The molecule has 3 N–H and O–H groups in total. The first kappa shape index (κ1) is 19.3. The third kappa shape index (κ3) is 5.49. The highest BCUT2D eigenvalue weighted by Gasteiger charge is 2.25. The second-order valence-electron chi connectivity index (χ2n) is 7.46. The molecule has 3 rings (SSSR count). The largest absolute Gasteiger partial charge is 0.322 e. The third-order valence-corrected chi connectivity index (χ3v) is 5.35. The fourth-order valence-electron chi connectivity index (χ4n) is 3.61. The maximum Gasteiger partial charge on any atom is 0.279 e. The summed E-state index contributed by atoms with van der Waals surface area (Å²) >= 11 is 0. The second kappa shape index (κ2) is 8.93. The Hall–Kier alpha value is -2.50. The number of hydrogen-bond donors (Lipinski definition) is 3. The van der Waals surface area contributed by atoms with E-state index in [1.165, 1.54) is 23.0 Å². The summed E-state index contributed by atoms with van der Waals surface area (Å²) in [4.78, 5) is 26.5. The van der Waals surface area contributed by atoms with Gasteiger partial charge in [0.05, 0.1) is 0 Å². The minimum Gasteiger partial charge on any atom is -0.322 e. The number of carbonyl (C=O) groups excluding carboxylic acids is 2. The molecule has 0 aromatic heterocycles. The van der Waals surface area contributed by atoms with Crippen LogP contribution in [-0.4, -0.2) is 44.4 Å². The van der Waals surface area contributed by atoms with Crippen molar-refractivity contribution >= 4 is 17.4 Å². The van der Waals surface area contributed by atoms with Crippen LogP contribution in [0, 0.1) is 6.92 Å². The standard InChI is InChI=1S/C22H27N3O2/c1-17-5-3-4-6-20(17)15-24-11-13-25(14-12-24)16-22(27)23-21-9-7-19(8-10-21)18(2)26/h3-10H,11-16H2,1-2H3,(H,23,27)/p+2. The number of amides is 1. The number of carbonyl (C=O) groups is 2. The lowest BCUT2D eigenvalue weighted by Gasteiger charge is -2.29. The monoisotopic (exact) mass is 367 g/mol. The number of Topliss-reactive ketones (excluding diaryl/α,β-unsaturated/α-hetero) is 1. The molecule has 142 valence electrons. The number of rotatable bonds is 6. The summed E-state index contributed by atoms with van der Waals surface area (Å²) in [5.41, 5.74) is 4.18. The molecular weight excluding hydrogens is 338 g/mol. The molecule has 0 saturated carbocycles. The van der Waals surface area contributed by atoms with Crippen molar-refractivity contribution in [3.8, 4) is 0 Å². The van der Waals surface area contributed by atoms with Crippen molar-refractivity contribution in [2.75, 3.05) is 38.0 Å². The summed E-state index contributed by atoms with van der Waals surface area (Å²) in [6.45, 7) is 9.46. The fourth-order valence-corrected chi connectivity index (χ4v) is 3.61. The summed E-state index contributed by atoms with van der Waals surface area (Å²) in [5, 5.41) is 2.94. The van der Waals surface area contributed by atoms with Crippen LogP contribution in [0.15, 0.2) is 48.5 Å². The third-order valence-electron chi connectivity index (χ3n) is 5.35. The van der Waals surface area contributed by atoms with Gasteiger partial charge in [-0.25, -0.2) is 0 Å². The number of piperazine rings is 1. The molecule has 2 aromatic rings. The molecule has 5 heteroatoms. The number of nitrogens with one attached hydrogen (secondary N) is 3. The first-order chi connectivity index (χ1) is 13.0. The van der Waals surface area contributed by atoms with Gasteiger partial charge < -0.3 is 15.1 Å². The molecule has 0 unspecified atom stereocenters. The van der Waals surface area contributed by atoms with Crippen LogP contribution >= 0.6 is 0 Å². The Morgan fingerprint density at radius 3 is 2.19 bits per heavy atom. The Morgan fingerprint density at radius 2 is 1.56 bits per heavy atom. The maximum absolute atomic E-state index is 12.3. The smallest absolute Gasteiger partial charge is 0.279 e. The van der Waals surface area contributed by atoms with E-state index in [0.717, 1.165) is 38.4 Å². The van der Waals surface area contributed by atoms with Gasteiger partial charge in [0.15, 0.2) is 12.3 Å². The Bertz CT molecular complexity index is 793. The predicted molar refractivity (Wildman–Crippen MR) is 106 cm³/mol. The van der Waals surface area contributed by atoms with Gasteiger partial charge in [0.1, 0.15) is 32.7 Å². The molecule has 1 aliphatic rings. The summed E-state index contributed by atoms with van der Waals surface area (Å²) in [7, 11) is 0. The van der Waals surface area contributed by atoms with Crippen LogP contribution < -0.4 is 15.1 Å².